The molecule has 3 aromatic carbocycles. The van der Waals surface area contributed by atoms with Crippen molar-refractivity contribution in [1.82, 2.24) is 4.57 Å². The molecule has 0 bridgehead atoms. The van der Waals surface area contributed by atoms with E-state index in [4.69, 9.17) is 33.2 Å². The molecule has 0 saturated carbocycles. The number of carbonyl (C=O) groups excluding carboxylic acids is 1. The molecule has 13 heteroatoms. The Balaban J connectivity index is 1.39. The predicted octanol–water partition coefficient (Wildman–Crippen LogP) is 5.28. The van der Waals surface area contributed by atoms with Gasteiger partial charge in [-0.2, -0.15) is 0 Å². The first kappa shape index (κ1) is 33.2. The normalized spacial score (nSPS) is 15.1. The lowest BCUT2D eigenvalue weighted by Gasteiger charge is -2.26. The molecule has 3 heterocycles. The third kappa shape index (κ3) is 6.39. The number of nitrogens with zero attached hydrogens (tertiary/aromatic N) is 2. The van der Waals surface area contributed by atoms with E-state index in [-0.39, 0.29) is 24.5 Å². The van der Waals surface area contributed by atoms with Crippen molar-refractivity contribution < 1.29 is 38.0 Å². The van der Waals surface area contributed by atoms with Crippen LogP contribution in [0.5, 0.6) is 34.5 Å². The molecule has 4 aromatic rings. The standard InChI is InChI=1S/C35H33BrN2O9S/c1-6-43-29-16-23(36)22(15-27(29)42-5)32-31(34(40)44-7-2)19(3)37-35-38(32)33(39)30(48-35)14-20-8-10-24(26(12-20)41-4)45-17-21-9-11-25-28(13-21)47-18-46-25/h8-16,32H,6-7,17-18H2,1-5H3/b30-14+/t32-/m0/s1. The number of aromatic nitrogens is 1. The Kier molecular flexibility index (Phi) is 9.78. The lowest BCUT2D eigenvalue weighted by Crippen LogP contribution is -2.40. The molecular formula is C35H33BrN2O9S. The Labute approximate surface area is 288 Å². The van der Waals surface area contributed by atoms with Gasteiger partial charge in [-0.3, -0.25) is 9.36 Å². The van der Waals surface area contributed by atoms with E-state index in [1.54, 1.807) is 51.3 Å². The monoisotopic (exact) mass is 736 g/mol. The molecule has 0 N–H and O–H groups in total. The minimum atomic E-state index is -0.845. The number of ether oxygens (including phenoxy) is 7. The number of halogens is 1. The van der Waals surface area contributed by atoms with Crippen LogP contribution in [0.15, 0.2) is 74.1 Å². The maximum atomic E-state index is 14.2. The molecule has 48 heavy (non-hydrogen) atoms. The minimum Gasteiger partial charge on any atom is -0.493 e. The lowest BCUT2D eigenvalue weighted by molar-refractivity contribution is -0.139. The summed E-state index contributed by atoms with van der Waals surface area (Å²) in [5, 5.41) is 0. The third-order valence-electron chi connectivity index (χ3n) is 7.71. The van der Waals surface area contributed by atoms with Crippen molar-refractivity contribution >= 4 is 39.3 Å². The highest BCUT2D eigenvalue weighted by Crippen LogP contribution is 2.41. The maximum absolute atomic E-state index is 14.2. The van der Waals surface area contributed by atoms with Crippen LogP contribution in [0.3, 0.4) is 0 Å². The van der Waals surface area contributed by atoms with Crippen molar-refractivity contribution in [3.8, 4) is 34.5 Å². The van der Waals surface area contributed by atoms with Gasteiger partial charge in [-0.15, -0.1) is 0 Å². The molecule has 0 radical (unpaired) electrons. The number of esters is 1. The van der Waals surface area contributed by atoms with E-state index in [9.17, 15) is 9.59 Å². The second-order valence-electron chi connectivity index (χ2n) is 10.6. The molecule has 0 fully saturated rings. The van der Waals surface area contributed by atoms with E-state index >= 15 is 0 Å². The van der Waals surface area contributed by atoms with Gasteiger partial charge < -0.3 is 33.2 Å². The van der Waals surface area contributed by atoms with Gasteiger partial charge in [0.1, 0.15) is 6.61 Å². The summed E-state index contributed by atoms with van der Waals surface area (Å²) in [4.78, 5) is 32.7. The van der Waals surface area contributed by atoms with Crippen LogP contribution >= 0.6 is 27.3 Å². The lowest BCUT2D eigenvalue weighted by atomic mass is 9.95. The molecule has 1 aromatic heterocycles. The summed E-state index contributed by atoms with van der Waals surface area (Å²) < 4.78 is 41.9. The molecule has 0 aliphatic carbocycles. The average molecular weight is 738 g/mol. The van der Waals surface area contributed by atoms with Gasteiger partial charge >= 0.3 is 5.97 Å². The summed E-state index contributed by atoms with van der Waals surface area (Å²) in [6.07, 6.45) is 1.77. The van der Waals surface area contributed by atoms with Gasteiger partial charge in [-0.25, -0.2) is 9.79 Å². The zero-order chi connectivity index (χ0) is 33.9. The van der Waals surface area contributed by atoms with Crippen molar-refractivity contribution in [2.75, 3.05) is 34.2 Å². The van der Waals surface area contributed by atoms with Gasteiger partial charge in [0.2, 0.25) is 6.79 Å². The zero-order valence-corrected chi connectivity index (χ0v) is 29.4. The first-order chi connectivity index (χ1) is 23.3. The van der Waals surface area contributed by atoms with Crippen LogP contribution in [0.1, 0.15) is 43.5 Å². The number of methoxy groups -OCH3 is 2. The minimum absolute atomic E-state index is 0.165. The van der Waals surface area contributed by atoms with Crippen LogP contribution in [0.4, 0.5) is 0 Å². The first-order valence-corrected chi connectivity index (χ1v) is 16.8. The quantitative estimate of drug-likeness (QED) is 0.190. The van der Waals surface area contributed by atoms with Crippen LogP contribution in [0, 0.1) is 0 Å². The number of fused-ring (bicyclic) bond motifs is 2. The molecule has 0 amide bonds. The van der Waals surface area contributed by atoms with E-state index in [2.05, 4.69) is 20.9 Å². The molecule has 11 nitrogen and oxygen atoms in total. The molecular weight excluding hydrogens is 704 g/mol. The fourth-order valence-electron chi connectivity index (χ4n) is 5.51. The summed E-state index contributed by atoms with van der Waals surface area (Å²) in [5.74, 6) is 2.86. The molecule has 2 aliphatic heterocycles. The molecule has 1 atom stereocenters. The number of hydrogen-bond donors (Lipinski definition) is 0. The summed E-state index contributed by atoms with van der Waals surface area (Å²) in [6, 6.07) is 13.8. The number of benzene rings is 3. The molecule has 0 spiro atoms. The van der Waals surface area contributed by atoms with Crippen LogP contribution in [-0.2, 0) is 16.1 Å². The number of hydrogen-bond acceptors (Lipinski definition) is 11. The van der Waals surface area contributed by atoms with Gasteiger partial charge in [-0.1, -0.05) is 39.4 Å². The number of allylic oxidation sites excluding steroid dienone is 1. The number of rotatable bonds is 11. The van der Waals surface area contributed by atoms with Crippen molar-refractivity contribution in [2.24, 2.45) is 4.99 Å². The van der Waals surface area contributed by atoms with Crippen LogP contribution < -0.4 is 43.3 Å². The Hall–Kier alpha value is -4.75. The van der Waals surface area contributed by atoms with Gasteiger partial charge in [0, 0.05) is 4.47 Å². The largest absolute Gasteiger partial charge is 0.493 e. The van der Waals surface area contributed by atoms with Crippen molar-refractivity contribution in [2.45, 2.75) is 33.4 Å². The molecule has 0 unspecified atom stereocenters. The van der Waals surface area contributed by atoms with E-state index in [1.165, 1.54) is 23.0 Å². The van der Waals surface area contributed by atoms with Gasteiger partial charge in [0.05, 0.1) is 49.3 Å². The Morgan fingerprint density at radius 1 is 0.979 bits per heavy atom. The van der Waals surface area contributed by atoms with Gasteiger partial charge in [0.25, 0.3) is 5.56 Å². The van der Waals surface area contributed by atoms with Gasteiger partial charge in [-0.05, 0) is 79.9 Å². The molecule has 250 valence electrons. The van der Waals surface area contributed by atoms with Crippen molar-refractivity contribution in [1.29, 1.82) is 0 Å². The number of carbonyl (C=O) groups is 1. The van der Waals surface area contributed by atoms with Crippen LogP contribution in [-0.4, -0.2) is 44.8 Å². The fourth-order valence-corrected chi connectivity index (χ4v) is 7.10. The summed E-state index contributed by atoms with van der Waals surface area (Å²) in [6.45, 7) is 6.44. The predicted molar refractivity (Wildman–Crippen MR) is 182 cm³/mol. The van der Waals surface area contributed by atoms with E-state index < -0.39 is 12.0 Å². The van der Waals surface area contributed by atoms with Crippen LogP contribution in [0.25, 0.3) is 6.08 Å². The first-order valence-electron chi connectivity index (χ1n) is 15.2. The third-order valence-corrected chi connectivity index (χ3v) is 9.38. The average Bonchev–Trinajstić information content (AvgIpc) is 3.67. The zero-order valence-electron chi connectivity index (χ0n) is 27.0. The molecule has 6 rings (SSSR count). The Morgan fingerprint density at radius 3 is 2.50 bits per heavy atom. The van der Waals surface area contributed by atoms with E-state index in [0.717, 1.165) is 5.56 Å². The number of thiazole rings is 1. The Bertz CT molecular complexity index is 2100. The highest BCUT2D eigenvalue weighted by atomic mass is 79.9. The maximum Gasteiger partial charge on any atom is 0.338 e. The second kappa shape index (κ2) is 14.2. The van der Waals surface area contributed by atoms with Gasteiger partial charge in [0.15, 0.2) is 39.3 Å². The highest BCUT2D eigenvalue weighted by Gasteiger charge is 2.35. The molecule has 2 aliphatic rings. The summed E-state index contributed by atoms with van der Waals surface area (Å²) in [5.41, 5.74) is 2.64. The topological polar surface area (TPSA) is 116 Å². The SMILES string of the molecule is CCOC(=O)C1=C(C)N=c2s/c(=C/c3ccc(OCc4ccc5c(c4)OCO5)c(OC)c3)c(=O)n2[C@H]1c1cc(OC)c(OCC)cc1Br. The second-order valence-corrected chi connectivity index (χ2v) is 12.5. The summed E-state index contributed by atoms with van der Waals surface area (Å²) >= 11 is 4.88. The smallest absolute Gasteiger partial charge is 0.338 e. The van der Waals surface area contributed by atoms with Crippen LogP contribution in [0.2, 0.25) is 0 Å². The van der Waals surface area contributed by atoms with Crippen molar-refractivity contribution in [3.05, 3.63) is 101 Å². The summed E-state index contributed by atoms with van der Waals surface area (Å²) in [7, 11) is 3.10. The van der Waals surface area contributed by atoms with Crippen molar-refractivity contribution in [3.63, 3.8) is 0 Å². The molecule has 0 saturated heterocycles. The fraction of sp³-hybridized carbons (Fsp3) is 0.286. The Morgan fingerprint density at radius 2 is 1.75 bits per heavy atom. The van der Waals surface area contributed by atoms with E-state index in [0.29, 0.717) is 78.3 Å². The highest BCUT2D eigenvalue weighted by molar-refractivity contribution is 9.10. The van der Waals surface area contributed by atoms with E-state index in [1.807, 2.05) is 31.2 Å².